The summed E-state index contributed by atoms with van der Waals surface area (Å²) in [5.74, 6) is -0.207. The van der Waals surface area contributed by atoms with E-state index in [1.807, 2.05) is 54.6 Å². The number of para-hydroxylation sites is 1. The molecule has 0 fully saturated rings. The second kappa shape index (κ2) is 9.15. The molecule has 0 aliphatic rings. The molecule has 1 heterocycles. The number of hydrogen-bond acceptors (Lipinski definition) is 4. The number of benzene rings is 3. The molecule has 2 N–H and O–H groups in total. The number of aromatic nitrogens is 1. The molecule has 4 nitrogen and oxygen atoms in total. The van der Waals surface area contributed by atoms with Gasteiger partial charge in [0.15, 0.2) is 5.11 Å². The third-order valence-electron chi connectivity index (χ3n) is 4.80. The van der Waals surface area contributed by atoms with Gasteiger partial charge in [-0.1, -0.05) is 55.5 Å². The van der Waals surface area contributed by atoms with Gasteiger partial charge in [-0.25, -0.2) is 4.98 Å². The van der Waals surface area contributed by atoms with Gasteiger partial charge in [0.25, 0.3) is 5.91 Å². The fraction of sp³-hybridized carbons (Fsp3) is 0.125. The number of carbonyl (C=O) groups is 1. The highest BCUT2D eigenvalue weighted by Gasteiger charge is 2.08. The van der Waals surface area contributed by atoms with Crippen LogP contribution in [0.3, 0.4) is 0 Å². The molecule has 150 valence electrons. The second-order valence-corrected chi connectivity index (χ2v) is 8.31. The van der Waals surface area contributed by atoms with E-state index in [-0.39, 0.29) is 5.91 Å². The molecule has 0 saturated carbocycles. The molecule has 4 aromatic rings. The number of thiazole rings is 1. The normalized spacial score (nSPS) is 10.7. The Morgan fingerprint density at radius 1 is 0.967 bits per heavy atom. The van der Waals surface area contributed by atoms with Gasteiger partial charge in [0.1, 0.15) is 5.01 Å². The van der Waals surface area contributed by atoms with Gasteiger partial charge >= 0.3 is 0 Å². The zero-order chi connectivity index (χ0) is 20.9. The lowest BCUT2D eigenvalue weighted by molar-refractivity contribution is 0.0976. The topological polar surface area (TPSA) is 54.0 Å². The summed E-state index contributed by atoms with van der Waals surface area (Å²) in [7, 11) is 0. The molecule has 0 radical (unpaired) electrons. The summed E-state index contributed by atoms with van der Waals surface area (Å²) in [6.07, 6.45) is 0.944. The average molecular weight is 432 g/mol. The lowest BCUT2D eigenvalue weighted by atomic mass is 10.1. The molecule has 0 unspecified atom stereocenters. The zero-order valence-electron chi connectivity index (χ0n) is 16.5. The molecule has 0 spiro atoms. The van der Waals surface area contributed by atoms with Gasteiger partial charge in [0.05, 0.1) is 10.2 Å². The first kappa shape index (κ1) is 20.2. The number of nitrogens with zero attached hydrogens (tertiary/aromatic N) is 1. The lowest BCUT2D eigenvalue weighted by Crippen LogP contribution is -2.38. The second-order valence-electron chi connectivity index (χ2n) is 6.87. The summed E-state index contributed by atoms with van der Waals surface area (Å²) in [4.78, 5) is 17.0. The Morgan fingerprint density at radius 3 is 2.37 bits per heavy atom. The van der Waals surface area contributed by atoms with Crippen molar-refractivity contribution in [1.29, 1.82) is 0 Å². The highest BCUT2D eigenvalue weighted by molar-refractivity contribution is 7.80. The van der Waals surface area contributed by atoms with Crippen molar-refractivity contribution >= 4 is 44.8 Å². The number of fused-ring (bicyclic) bond motifs is 1. The van der Waals surface area contributed by atoms with Gasteiger partial charge in [0.2, 0.25) is 0 Å². The third kappa shape index (κ3) is 4.72. The highest BCUT2D eigenvalue weighted by Crippen LogP contribution is 2.29. The number of hydrogen-bond donors (Lipinski definition) is 2. The Hall–Kier alpha value is -3.09. The molecule has 1 aromatic heterocycles. The van der Waals surface area contributed by atoms with Crippen molar-refractivity contribution in [2.75, 3.05) is 0 Å². The van der Waals surface area contributed by atoms with E-state index in [1.54, 1.807) is 11.3 Å². The predicted molar refractivity (Wildman–Crippen MR) is 128 cm³/mol. The van der Waals surface area contributed by atoms with Crippen LogP contribution in [-0.2, 0) is 13.0 Å². The van der Waals surface area contributed by atoms with Crippen LogP contribution in [0.1, 0.15) is 28.4 Å². The maximum absolute atomic E-state index is 12.3. The number of aryl methyl sites for hydroxylation is 1. The van der Waals surface area contributed by atoms with Crippen molar-refractivity contribution in [2.24, 2.45) is 0 Å². The fourth-order valence-corrected chi connectivity index (χ4v) is 4.19. The van der Waals surface area contributed by atoms with Crippen LogP contribution in [0.4, 0.5) is 0 Å². The first-order chi connectivity index (χ1) is 14.6. The van der Waals surface area contributed by atoms with Crippen LogP contribution in [0.2, 0.25) is 0 Å². The molecule has 0 atom stereocenters. The first-order valence-corrected chi connectivity index (χ1v) is 11.0. The van der Waals surface area contributed by atoms with E-state index >= 15 is 0 Å². The van der Waals surface area contributed by atoms with E-state index < -0.39 is 0 Å². The minimum absolute atomic E-state index is 0.207. The number of rotatable bonds is 5. The fourth-order valence-electron chi connectivity index (χ4n) is 3.05. The van der Waals surface area contributed by atoms with Crippen LogP contribution in [-0.4, -0.2) is 16.0 Å². The van der Waals surface area contributed by atoms with Gasteiger partial charge in [-0.3, -0.25) is 10.1 Å². The molecule has 0 saturated heterocycles. The summed E-state index contributed by atoms with van der Waals surface area (Å²) in [6, 6.07) is 23.9. The molecule has 3 aromatic carbocycles. The molecular weight excluding hydrogens is 410 g/mol. The molecule has 6 heteroatoms. The van der Waals surface area contributed by atoms with E-state index in [1.165, 1.54) is 10.3 Å². The molecule has 0 aliphatic carbocycles. The van der Waals surface area contributed by atoms with Crippen LogP contribution < -0.4 is 10.6 Å². The third-order valence-corrected chi connectivity index (χ3v) is 6.13. The molecule has 0 bridgehead atoms. The van der Waals surface area contributed by atoms with Gasteiger partial charge < -0.3 is 5.32 Å². The number of thiocarbonyl (C=S) groups is 1. The summed E-state index contributed by atoms with van der Waals surface area (Å²) in [6.45, 7) is 2.62. The van der Waals surface area contributed by atoms with Gasteiger partial charge in [-0.2, -0.15) is 0 Å². The molecule has 30 heavy (non-hydrogen) atoms. The van der Waals surface area contributed by atoms with Crippen molar-refractivity contribution in [3.63, 3.8) is 0 Å². The molecule has 4 rings (SSSR count). The standard InChI is InChI=1S/C24H21N3OS2/c1-2-16-7-11-18(12-8-16)22(28)27-24(29)25-15-17-9-13-19(14-10-17)23-26-20-5-3-4-6-21(20)30-23/h3-14H,2,15H2,1H3,(H2,25,27,28,29). The van der Waals surface area contributed by atoms with E-state index in [2.05, 4.69) is 35.8 Å². The lowest BCUT2D eigenvalue weighted by Gasteiger charge is -2.10. The van der Waals surface area contributed by atoms with E-state index in [4.69, 9.17) is 17.2 Å². The minimum Gasteiger partial charge on any atom is -0.358 e. The number of carbonyl (C=O) groups excluding carboxylic acids is 1. The Balaban J connectivity index is 1.33. The Labute approximate surface area is 185 Å². The Morgan fingerprint density at radius 2 is 1.67 bits per heavy atom. The molecular formula is C24H21N3OS2. The first-order valence-electron chi connectivity index (χ1n) is 9.75. The van der Waals surface area contributed by atoms with Crippen LogP contribution in [0.25, 0.3) is 20.8 Å². The summed E-state index contributed by atoms with van der Waals surface area (Å²) < 4.78 is 1.18. The highest BCUT2D eigenvalue weighted by atomic mass is 32.1. The van der Waals surface area contributed by atoms with Crippen LogP contribution >= 0.6 is 23.6 Å². The van der Waals surface area contributed by atoms with E-state index in [0.717, 1.165) is 28.1 Å². The summed E-state index contributed by atoms with van der Waals surface area (Å²) >= 11 is 6.95. The average Bonchev–Trinajstić information content (AvgIpc) is 3.22. The van der Waals surface area contributed by atoms with Crippen LogP contribution in [0.15, 0.2) is 72.8 Å². The van der Waals surface area contributed by atoms with Crippen molar-refractivity contribution in [1.82, 2.24) is 15.6 Å². The quantitative estimate of drug-likeness (QED) is 0.419. The van der Waals surface area contributed by atoms with Crippen LogP contribution in [0.5, 0.6) is 0 Å². The monoisotopic (exact) mass is 431 g/mol. The van der Waals surface area contributed by atoms with E-state index in [0.29, 0.717) is 17.2 Å². The largest absolute Gasteiger partial charge is 0.358 e. The van der Waals surface area contributed by atoms with Crippen molar-refractivity contribution in [2.45, 2.75) is 19.9 Å². The summed E-state index contributed by atoms with van der Waals surface area (Å²) in [5.41, 5.74) is 4.97. The predicted octanol–water partition coefficient (Wildman–Crippen LogP) is 5.33. The molecule has 1 amide bonds. The van der Waals surface area contributed by atoms with E-state index in [9.17, 15) is 4.79 Å². The van der Waals surface area contributed by atoms with Gasteiger partial charge in [0, 0.05) is 17.7 Å². The summed E-state index contributed by atoms with van der Waals surface area (Å²) in [5, 5.41) is 7.14. The maximum atomic E-state index is 12.3. The van der Waals surface area contributed by atoms with Crippen molar-refractivity contribution in [3.05, 3.63) is 89.5 Å². The molecule has 0 aliphatic heterocycles. The smallest absolute Gasteiger partial charge is 0.257 e. The van der Waals surface area contributed by atoms with Crippen molar-refractivity contribution in [3.8, 4) is 10.6 Å². The zero-order valence-corrected chi connectivity index (χ0v) is 18.1. The number of nitrogens with one attached hydrogen (secondary N) is 2. The Kier molecular flexibility index (Phi) is 6.16. The van der Waals surface area contributed by atoms with Crippen molar-refractivity contribution < 1.29 is 4.79 Å². The number of amides is 1. The van der Waals surface area contributed by atoms with Crippen LogP contribution in [0, 0.1) is 0 Å². The Bertz CT molecular complexity index is 1150. The van der Waals surface area contributed by atoms with Gasteiger partial charge in [-0.15, -0.1) is 11.3 Å². The minimum atomic E-state index is -0.207. The maximum Gasteiger partial charge on any atom is 0.257 e. The van der Waals surface area contributed by atoms with Gasteiger partial charge in [-0.05, 0) is 54.0 Å². The SMILES string of the molecule is CCc1ccc(C(=O)NC(=S)NCc2ccc(-c3nc4ccccc4s3)cc2)cc1.